The molecule has 4 aliphatic rings. The highest BCUT2D eigenvalue weighted by Crippen LogP contribution is 2.65. The molecular weight excluding hydrogens is 428 g/mol. The molecule has 32 heavy (non-hydrogen) atoms. The molecule has 4 rings (SSSR count). The Morgan fingerprint density at radius 3 is 2.59 bits per heavy atom. The van der Waals surface area contributed by atoms with Gasteiger partial charge in [0.2, 0.25) is 11.8 Å². The first-order chi connectivity index (χ1) is 15.4. The minimum atomic E-state index is -0.799. The zero-order valence-electron chi connectivity index (χ0n) is 19.0. The Labute approximate surface area is 194 Å². The SMILES string of the molecule is CCCCCN1CC=C[C@]23S[C@@]4(C)C=CCOC(=O)[C@H]4[C@H]2C(=O)N(CCCCO)C3C1=O. The van der Waals surface area contributed by atoms with E-state index in [0.29, 0.717) is 32.5 Å². The summed E-state index contributed by atoms with van der Waals surface area (Å²) in [4.78, 5) is 44.3. The normalized spacial score (nSPS) is 36.0. The van der Waals surface area contributed by atoms with E-state index in [-0.39, 0.29) is 31.0 Å². The fourth-order valence-corrected chi connectivity index (χ4v) is 7.94. The third kappa shape index (κ3) is 3.69. The molecule has 0 aromatic carbocycles. The van der Waals surface area contributed by atoms with Gasteiger partial charge in [-0.15, -0.1) is 11.8 Å². The lowest BCUT2D eigenvalue weighted by molar-refractivity contribution is -0.152. The van der Waals surface area contributed by atoms with Crippen LogP contribution in [-0.4, -0.2) is 81.1 Å². The Kier molecular flexibility index (Phi) is 6.73. The number of hydrogen-bond donors (Lipinski definition) is 1. The van der Waals surface area contributed by atoms with Crippen LogP contribution in [0.15, 0.2) is 24.3 Å². The second kappa shape index (κ2) is 9.21. The fourth-order valence-electron chi connectivity index (χ4n) is 5.79. The lowest BCUT2D eigenvalue weighted by Crippen LogP contribution is -2.53. The van der Waals surface area contributed by atoms with Crippen LogP contribution in [0.4, 0.5) is 0 Å². The molecule has 4 heterocycles. The minimum absolute atomic E-state index is 0.0316. The fraction of sp³-hybridized carbons (Fsp3) is 0.708. The standard InChI is InChI=1S/C24H34N2O5S/c1-3-4-5-12-25-13-8-11-24-17(18-22(30)31-16-9-10-23(18,2)32-24)20(28)26(14-6-7-15-27)19(24)21(25)29/h8-11,17-19,27H,3-7,12-16H2,1-2H3/t17-,18+,19?,23-,24-/m0/s1. The Morgan fingerprint density at radius 2 is 1.84 bits per heavy atom. The van der Waals surface area contributed by atoms with Gasteiger partial charge in [-0.2, -0.15) is 0 Å². The topological polar surface area (TPSA) is 87.2 Å². The molecule has 0 radical (unpaired) electrons. The van der Waals surface area contributed by atoms with E-state index in [0.717, 1.165) is 19.3 Å². The van der Waals surface area contributed by atoms with Crippen LogP contribution in [-0.2, 0) is 19.1 Å². The number of rotatable bonds is 8. The predicted molar refractivity (Wildman–Crippen MR) is 123 cm³/mol. The van der Waals surface area contributed by atoms with Crippen LogP contribution in [0.3, 0.4) is 0 Å². The largest absolute Gasteiger partial charge is 0.461 e. The molecule has 4 aliphatic heterocycles. The molecule has 0 aromatic heterocycles. The summed E-state index contributed by atoms with van der Waals surface area (Å²) in [5, 5.41) is 9.25. The van der Waals surface area contributed by atoms with Gasteiger partial charge in [-0.3, -0.25) is 14.4 Å². The zero-order chi connectivity index (χ0) is 22.9. The van der Waals surface area contributed by atoms with Gasteiger partial charge in [0.05, 0.1) is 16.6 Å². The van der Waals surface area contributed by atoms with Crippen molar-refractivity contribution in [1.82, 2.24) is 9.80 Å². The minimum Gasteiger partial charge on any atom is -0.461 e. The first-order valence-corrected chi connectivity index (χ1v) is 12.6. The van der Waals surface area contributed by atoms with E-state index in [1.807, 2.05) is 36.1 Å². The third-order valence-corrected chi connectivity index (χ3v) is 9.03. The molecule has 176 valence electrons. The van der Waals surface area contributed by atoms with Crippen LogP contribution in [0.2, 0.25) is 0 Å². The molecule has 2 amide bonds. The molecule has 2 saturated heterocycles. The Bertz CT molecular complexity index is 829. The van der Waals surface area contributed by atoms with Crippen LogP contribution >= 0.6 is 11.8 Å². The molecule has 0 saturated carbocycles. The number of carbonyl (C=O) groups is 3. The Hall–Kier alpha value is -1.80. The van der Waals surface area contributed by atoms with Crippen molar-refractivity contribution in [3.8, 4) is 0 Å². The molecule has 0 aliphatic carbocycles. The summed E-state index contributed by atoms with van der Waals surface area (Å²) in [5.74, 6) is -1.80. The lowest BCUT2D eigenvalue weighted by atomic mass is 9.75. The first-order valence-electron chi connectivity index (χ1n) is 11.8. The number of esters is 1. The van der Waals surface area contributed by atoms with Crippen molar-refractivity contribution in [2.75, 3.05) is 32.8 Å². The molecule has 0 bridgehead atoms. The molecule has 1 N–H and O–H groups in total. The number of amides is 2. The number of aliphatic hydroxyl groups is 1. The van der Waals surface area contributed by atoms with Gasteiger partial charge in [0, 0.05) is 31.0 Å². The number of cyclic esters (lactones) is 1. The van der Waals surface area contributed by atoms with Gasteiger partial charge in [0.25, 0.3) is 0 Å². The van der Waals surface area contributed by atoms with Crippen LogP contribution in [0.25, 0.3) is 0 Å². The number of aliphatic hydroxyl groups excluding tert-OH is 1. The van der Waals surface area contributed by atoms with Crippen molar-refractivity contribution >= 4 is 29.5 Å². The van der Waals surface area contributed by atoms with E-state index in [9.17, 15) is 19.5 Å². The quantitative estimate of drug-likeness (QED) is 0.338. The summed E-state index contributed by atoms with van der Waals surface area (Å²) in [6.45, 7) is 5.97. The monoisotopic (exact) mass is 462 g/mol. The second-order valence-corrected chi connectivity index (χ2v) is 11.2. The highest BCUT2D eigenvalue weighted by molar-refractivity contribution is 8.02. The van der Waals surface area contributed by atoms with E-state index >= 15 is 0 Å². The first kappa shape index (κ1) is 23.4. The van der Waals surface area contributed by atoms with E-state index in [2.05, 4.69) is 6.92 Å². The van der Waals surface area contributed by atoms with Crippen molar-refractivity contribution < 1.29 is 24.2 Å². The van der Waals surface area contributed by atoms with Crippen molar-refractivity contribution in [2.24, 2.45) is 11.8 Å². The van der Waals surface area contributed by atoms with Crippen molar-refractivity contribution in [3.05, 3.63) is 24.3 Å². The maximum Gasteiger partial charge on any atom is 0.311 e. The Morgan fingerprint density at radius 1 is 1.06 bits per heavy atom. The van der Waals surface area contributed by atoms with Gasteiger partial charge in [0.1, 0.15) is 12.6 Å². The average molecular weight is 463 g/mol. The highest BCUT2D eigenvalue weighted by Gasteiger charge is 2.73. The molecule has 1 spiro atoms. The van der Waals surface area contributed by atoms with Gasteiger partial charge >= 0.3 is 5.97 Å². The van der Waals surface area contributed by atoms with Gasteiger partial charge < -0.3 is 19.6 Å². The van der Waals surface area contributed by atoms with Crippen molar-refractivity contribution in [2.45, 2.75) is 61.5 Å². The average Bonchev–Trinajstić information content (AvgIpc) is 3.01. The summed E-state index contributed by atoms with van der Waals surface area (Å²) in [6, 6.07) is -0.644. The van der Waals surface area contributed by atoms with E-state index in [1.165, 1.54) is 0 Å². The number of ether oxygens (including phenoxy) is 1. The van der Waals surface area contributed by atoms with E-state index < -0.39 is 27.4 Å². The molecule has 5 atom stereocenters. The van der Waals surface area contributed by atoms with Crippen LogP contribution in [0.5, 0.6) is 0 Å². The summed E-state index contributed by atoms with van der Waals surface area (Å²) in [6.07, 6.45) is 12.1. The van der Waals surface area contributed by atoms with Crippen LogP contribution < -0.4 is 0 Å². The molecule has 1 unspecified atom stereocenters. The predicted octanol–water partition coefficient (Wildman–Crippen LogP) is 2.15. The third-order valence-electron chi connectivity index (χ3n) is 7.23. The highest BCUT2D eigenvalue weighted by atomic mass is 32.2. The zero-order valence-corrected chi connectivity index (χ0v) is 19.8. The smallest absolute Gasteiger partial charge is 0.311 e. The van der Waals surface area contributed by atoms with Crippen molar-refractivity contribution in [1.29, 1.82) is 0 Å². The molecular formula is C24H34N2O5S. The van der Waals surface area contributed by atoms with Gasteiger partial charge in [-0.1, -0.05) is 38.0 Å². The maximum absolute atomic E-state index is 13.9. The van der Waals surface area contributed by atoms with E-state index in [4.69, 9.17) is 4.74 Å². The summed E-state index contributed by atoms with van der Waals surface area (Å²) < 4.78 is 4.03. The van der Waals surface area contributed by atoms with Crippen LogP contribution in [0, 0.1) is 11.8 Å². The summed E-state index contributed by atoms with van der Waals surface area (Å²) >= 11 is 1.58. The molecule has 0 aromatic rings. The number of fused-ring (bicyclic) bond motifs is 2. The molecule has 7 nitrogen and oxygen atoms in total. The number of hydrogen-bond acceptors (Lipinski definition) is 6. The van der Waals surface area contributed by atoms with Gasteiger partial charge in [0.15, 0.2) is 0 Å². The second-order valence-electron chi connectivity index (χ2n) is 9.39. The number of likely N-dealkylation sites (tertiary alicyclic amines) is 1. The van der Waals surface area contributed by atoms with Gasteiger partial charge in [-0.05, 0) is 32.3 Å². The number of nitrogens with zero attached hydrogens (tertiary/aromatic N) is 2. The molecule has 2 fully saturated rings. The maximum atomic E-state index is 13.9. The van der Waals surface area contributed by atoms with Crippen molar-refractivity contribution in [3.63, 3.8) is 0 Å². The Balaban J connectivity index is 1.75. The number of unbranched alkanes of at least 4 members (excludes halogenated alkanes) is 3. The van der Waals surface area contributed by atoms with E-state index in [1.54, 1.807) is 16.7 Å². The summed E-state index contributed by atoms with van der Waals surface area (Å²) in [7, 11) is 0. The number of carbonyl (C=O) groups excluding carboxylic acids is 3. The van der Waals surface area contributed by atoms with Crippen LogP contribution in [0.1, 0.15) is 46.0 Å². The van der Waals surface area contributed by atoms with Gasteiger partial charge in [-0.25, -0.2) is 0 Å². The molecule has 8 heteroatoms. The number of thioether (sulfide) groups is 1. The summed E-state index contributed by atoms with van der Waals surface area (Å²) in [5.41, 5.74) is 0. The lowest BCUT2D eigenvalue weighted by Gasteiger charge is -2.36.